The maximum absolute atomic E-state index is 11.9. The zero-order chi connectivity index (χ0) is 12.7. The van der Waals surface area contributed by atoms with E-state index in [1.54, 1.807) is 0 Å². The van der Waals surface area contributed by atoms with Gasteiger partial charge in [0.05, 0.1) is 0 Å². The first-order chi connectivity index (χ1) is 8.19. The molecule has 0 bridgehead atoms. The largest absolute Gasteiger partial charge is 0.351 e. The molecule has 1 aromatic carbocycles. The van der Waals surface area contributed by atoms with Crippen molar-refractivity contribution in [1.29, 1.82) is 0 Å². The van der Waals surface area contributed by atoms with Gasteiger partial charge >= 0.3 is 0 Å². The van der Waals surface area contributed by atoms with Gasteiger partial charge in [-0.25, -0.2) is 0 Å². The highest BCUT2D eigenvalue weighted by atomic mass is 35.5. The van der Waals surface area contributed by atoms with Gasteiger partial charge in [0, 0.05) is 12.5 Å². The summed E-state index contributed by atoms with van der Waals surface area (Å²) in [5, 5.41) is 2.19. The molecule has 2 atom stereocenters. The standard InChI is InChI=1S/C14H16ClNO/c1-3-8-12(4-2)16-14(17)13(15)11-9-6-5-7-10-11/h1,5-7,9-10,12-13H,4,8H2,2H3,(H,16,17). The van der Waals surface area contributed by atoms with E-state index in [4.69, 9.17) is 18.0 Å². The summed E-state index contributed by atoms with van der Waals surface area (Å²) in [6, 6.07) is 9.27. The van der Waals surface area contributed by atoms with E-state index in [-0.39, 0.29) is 11.9 Å². The minimum absolute atomic E-state index is 0.00235. The zero-order valence-electron chi connectivity index (χ0n) is 9.82. The Morgan fingerprint density at radius 1 is 1.47 bits per heavy atom. The van der Waals surface area contributed by atoms with E-state index < -0.39 is 5.38 Å². The Morgan fingerprint density at radius 3 is 2.65 bits per heavy atom. The molecule has 1 amide bonds. The SMILES string of the molecule is C#CCC(CC)NC(=O)C(Cl)c1ccccc1. The van der Waals surface area contributed by atoms with E-state index in [1.165, 1.54) is 0 Å². The van der Waals surface area contributed by atoms with Crippen molar-refractivity contribution in [2.75, 3.05) is 0 Å². The van der Waals surface area contributed by atoms with Crippen LogP contribution in [0.4, 0.5) is 0 Å². The predicted octanol–water partition coefficient (Wildman–Crippen LogP) is 2.88. The van der Waals surface area contributed by atoms with Crippen molar-refractivity contribution in [3.63, 3.8) is 0 Å². The van der Waals surface area contributed by atoms with Crippen molar-refractivity contribution in [3.8, 4) is 12.3 Å². The Balaban J connectivity index is 2.62. The fourth-order valence-corrected chi connectivity index (χ4v) is 1.70. The number of rotatable bonds is 5. The second kappa shape index (κ2) is 6.98. The Morgan fingerprint density at radius 2 is 2.12 bits per heavy atom. The molecule has 17 heavy (non-hydrogen) atoms. The Labute approximate surface area is 107 Å². The van der Waals surface area contributed by atoms with Crippen molar-refractivity contribution in [3.05, 3.63) is 35.9 Å². The van der Waals surface area contributed by atoms with Gasteiger partial charge in [0.25, 0.3) is 0 Å². The van der Waals surface area contributed by atoms with Gasteiger partial charge in [0.15, 0.2) is 0 Å². The maximum Gasteiger partial charge on any atom is 0.242 e. The second-order valence-corrected chi connectivity index (χ2v) is 4.23. The van der Waals surface area contributed by atoms with Crippen LogP contribution in [0, 0.1) is 12.3 Å². The third kappa shape index (κ3) is 4.13. The molecule has 0 aromatic heterocycles. The molecule has 0 saturated carbocycles. The quantitative estimate of drug-likeness (QED) is 0.631. The minimum Gasteiger partial charge on any atom is -0.351 e. The second-order valence-electron chi connectivity index (χ2n) is 3.80. The summed E-state index contributed by atoms with van der Waals surface area (Å²) in [5.41, 5.74) is 0.794. The van der Waals surface area contributed by atoms with E-state index in [2.05, 4.69) is 11.2 Å². The molecular formula is C14H16ClNO. The van der Waals surface area contributed by atoms with E-state index >= 15 is 0 Å². The molecule has 0 fully saturated rings. The van der Waals surface area contributed by atoms with Crippen molar-refractivity contribution in [1.82, 2.24) is 5.32 Å². The highest BCUT2D eigenvalue weighted by Gasteiger charge is 2.19. The molecule has 0 spiro atoms. The van der Waals surface area contributed by atoms with Gasteiger partial charge in [0.1, 0.15) is 5.38 Å². The Bertz CT molecular complexity index is 396. The number of carbonyl (C=O) groups excluding carboxylic acids is 1. The number of carbonyl (C=O) groups is 1. The summed E-state index contributed by atoms with van der Waals surface area (Å²) in [6.45, 7) is 1.98. The van der Waals surface area contributed by atoms with Gasteiger partial charge in [-0.05, 0) is 12.0 Å². The molecule has 0 heterocycles. The molecule has 1 N–H and O–H groups in total. The van der Waals surface area contributed by atoms with E-state index in [0.29, 0.717) is 6.42 Å². The first-order valence-corrected chi connectivity index (χ1v) is 6.05. The van der Waals surface area contributed by atoms with Crippen LogP contribution in [-0.4, -0.2) is 11.9 Å². The van der Waals surface area contributed by atoms with Crippen LogP contribution in [0.25, 0.3) is 0 Å². The average molecular weight is 250 g/mol. The molecule has 2 unspecified atom stereocenters. The topological polar surface area (TPSA) is 29.1 Å². The first kappa shape index (κ1) is 13.6. The molecule has 0 aliphatic carbocycles. The van der Waals surface area contributed by atoms with Crippen molar-refractivity contribution in [2.24, 2.45) is 0 Å². The van der Waals surface area contributed by atoms with Crippen LogP contribution >= 0.6 is 11.6 Å². The van der Waals surface area contributed by atoms with Crippen LogP contribution in [0.1, 0.15) is 30.7 Å². The number of nitrogens with one attached hydrogen (secondary N) is 1. The van der Waals surface area contributed by atoms with Gasteiger partial charge in [-0.1, -0.05) is 37.3 Å². The summed E-state index contributed by atoms with van der Waals surface area (Å²) in [4.78, 5) is 11.9. The maximum atomic E-state index is 11.9. The van der Waals surface area contributed by atoms with Gasteiger partial charge in [0.2, 0.25) is 5.91 Å². The smallest absolute Gasteiger partial charge is 0.242 e. The predicted molar refractivity (Wildman–Crippen MR) is 70.7 cm³/mol. The van der Waals surface area contributed by atoms with E-state index in [0.717, 1.165) is 12.0 Å². The molecule has 3 heteroatoms. The highest BCUT2D eigenvalue weighted by Crippen LogP contribution is 2.20. The third-order valence-corrected chi connectivity index (χ3v) is 2.98. The van der Waals surface area contributed by atoms with E-state index in [9.17, 15) is 4.79 Å². The van der Waals surface area contributed by atoms with Gasteiger partial charge in [-0.15, -0.1) is 23.9 Å². The van der Waals surface area contributed by atoms with E-state index in [1.807, 2.05) is 37.3 Å². The summed E-state index contributed by atoms with van der Waals surface area (Å²) >= 11 is 6.09. The minimum atomic E-state index is -0.664. The van der Waals surface area contributed by atoms with Gasteiger partial charge in [-0.3, -0.25) is 4.79 Å². The average Bonchev–Trinajstić information content (AvgIpc) is 2.38. The fraction of sp³-hybridized carbons (Fsp3) is 0.357. The molecule has 0 radical (unpaired) electrons. The van der Waals surface area contributed by atoms with Crippen LogP contribution < -0.4 is 5.32 Å². The van der Waals surface area contributed by atoms with Crippen LogP contribution in [-0.2, 0) is 4.79 Å². The number of alkyl halides is 1. The summed E-state index contributed by atoms with van der Waals surface area (Å²) < 4.78 is 0. The number of benzene rings is 1. The summed E-state index contributed by atoms with van der Waals surface area (Å²) in [6.07, 6.45) is 6.56. The van der Waals surface area contributed by atoms with Crippen LogP contribution in [0.3, 0.4) is 0 Å². The van der Waals surface area contributed by atoms with Crippen molar-refractivity contribution < 1.29 is 4.79 Å². The summed E-state index contributed by atoms with van der Waals surface area (Å²) in [7, 11) is 0. The van der Waals surface area contributed by atoms with Crippen molar-refractivity contribution >= 4 is 17.5 Å². The molecule has 90 valence electrons. The molecule has 0 saturated heterocycles. The first-order valence-electron chi connectivity index (χ1n) is 5.61. The summed E-state index contributed by atoms with van der Waals surface area (Å²) in [5.74, 6) is 2.35. The lowest BCUT2D eigenvalue weighted by molar-refractivity contribution is -0.121. The molecule has 2 nitrogen and oxygen atoms in total. The van der Waals surface area contributed by atoms with Crippen LogP contribution in [0.5, 0.6) is 0 Å². The lowest BCUT2D eigenvalue weighted by atomic mass is 10.1. The van der Waals surface area contributed by atoms with Gasteiger partial charge < -0.3 is 5.32 Å². The Kier molecular flexibility index (Phi) is 5.59. The molecule has 1 rings (SSSR count). The van der Waals surface area contributed by atoms with Crippen LogP contribution in [0.2, 0.25) is 0 Å². The highest BCUT2D eigenvalue weighted by molar-refractivity contribution is 6.30. The molecule has 1 aromatic rings. The molecule has 0 aliphatic heterocycles. The number of halogens is 1. The van der Waals surface area contributed by atoms with Gasteiger partial charge in [-0.2, -0.15) is 0 Å². The molecular weight excluding hydrogens is 234 g/mol. The molecule has 0 aliphatic rings. The number of hydrogen-bond acceptors (Lipinski definition) is 1. The lowest BCUT2D eigenvalue weighted by Crippen LogP contribution is -2.36. The monoisotopic (exact) mass is 249 g/mol. The number of hydrogen-bond donors (Lipinski definition) is 1. The lowest BCUT2D eigenvalue weighted by Gasteiger charge is -2.17. The zero-order valence-corrected chi connectivity index (χ0v) is 10.6. The number of terminal acetylenes is 1. The fourth-order valence-electron chi connectivity index (χ4n) is 1.49. The number of amides is 1. The Hall–Kier alpha value is -1.46. The third-order valence-electron chi connectivity index (χ3n) is 2.53. The van der Waals surface area contributed by atoms with Crippen LogP contribution in [0.15, 0.2) is 30.3 Å². The van der Waals surface area contributed by atoms with Crippen molar-refractivity contribution in [2.45, 2.75) is 31.2 Å². The normalized spacial score (nSPS) is 13.5.